The second-order valence-corrected chi connectivity index (χ2v) is 11.6. The summed E-state index contributed by atoms with van der Waals surface area (Å²) in [7, 11) is -3.51. The molecule has 0 spiro atoms. The molecule has 4 rings (SSSR count). The van der Waals surface area contributed by atoms with Crippen LogP contribution in [-0.4, -0.2) is 67.7 Å². The third-order valence-electron chi connectivity index (χ3n) is 5.98. The lowest BCUT2D eigenvalue weighted by molar-refractivity contribution is -0.138. The number of piperidine rings is 1. The predicted molar refractivity (Wildman–Crippen MR) is 119 cm³/mol. The van der Waals surface area contributed by atoms with Crippen LogP contribution < -0.4 is 0 Å². The van der Waals surface area contributed by atoms with Gasteiger partial charge in [0.25, 0.3) is 10.0 Å². The molecule has 0 bridgehead atoms. The molecule has 1 atom stereocenters. The fraction of sp³-hybridized carbons (Fsp3) is 0.500. The monoisotopic (exact) mass is 447 g/mol. The van der Waals surface area contributed by atoms with Gasteiger partial charge in [0.15, 0.2) is 0 Å². The molecule has 2 aromatic rings. The molecule has 0 saturated carbocycles. The maximum absolute atomic E-state index is 13.1. The van der Waals surface area contributed by atoms with Crippen LogP contribution in [0.4, 0.5) is 0 Å². The Balaban J connectivity index is 1.34. The van der Waals surface area contributed by atoms with E-state index in [2.05, 4.69) is 29.2 Å². The third kappa shape index (κ3) is 4.77. The zero-order valence-corrected chi connectivity index (χ0v) is 19.0. The van der Waals surface area contributed by atoms with E-state index in [9.17, 15) is 13.2 Å². The van der Waals surface area contributed by atoms with Crippen LogP contribution in [0.25, 0.3) is 0 Å². The molecule has 1 amide bonds. The van der Waals surface area contributed by atoms with Gasteiger partial charge in [0.1, 0.15) is 4.21 Å². The van der Waals surface area contributed by atoms with Crippen molar-refractivity contribution >= 4 is 27.3 Å². The fourth-order valence-electron chi connectivity index (χ4n) is 4.27. The number of thiophene rings is 1. The lowest BCUT2D eigenvalue weighted by atomic mass is 9.97. The topological polar surface area (TPSA) is 60.9 Å². The minimum Gasteiger partial charge on any atom is -0.340 e. The van der Waals surface area contributed by atoms with Gasteiger partial charge in [-0.05, 0) is 37.5 Å². The number of carbonyl (C=O) groups is 1. The van der Waals surface area contributed by atoms with Crippen LogP contribution in [0.5, 0.6) is 0 Å². The molecule has 6 nitrogen and oxygen atoms in total. The Bertz CT molecular complexity index is 967. The molecule has 2 fully saturated rings. The van der Waals surface area contributed by atoms with Crippen LogP contribution >= 0.6 is 11.3 Å². The summed E-state index contributed by atoms with van der Waals surface area (Å²) in [6.45, 7) is 6.71. The van der Waals surface area contributed by atoms with Crippen molar-refractivity contribution in [3.05, 3.63) is 52.9 Å². The Labute approximate surface area is 183 Å². The van der Waals surface area contributed by atoms with Crippen molar-refractivity contribution in [2.75, 3.05) is 39.3 Å². The standard InChI is InChI=1S/C22H29N3O3S2/c1-18-9-10-21(29-18)30(27,28)25-11-5-8-20(17-25)22(26)24-14-12-23(13-15-24)16-19-6-3-2-4-7-19/h2-4,6-7,9-10,20H,5,8,11-17H2,1H3/t20-/m0/s1. The molecule has 3 heterocycles. The summed E-state index contributed by atoms with van der Waals surface area (Å²) < 4.78 is 27.8. The summed E-state index contributed by atoms with van der Waals surface area (Å²) in [4.78, 5) is 18.4. The minimum absolute atomic E-state index is 0.108. The van der Waals surface area contributed by atoms with Crippen molar-refractivity contribution in [3.8, 4) is 0 Å². The summed E-state index contributed by atoms with van der Waals surface area (Å²) in [5.74, 6) is -0.133. The first kappa shape index (κ1) is 21.5. The van der Waals surface area contributed by atoms with Crippen molar-refractivity contribution in [1.82, 2.24) is 14.1 Å². The number of benzene rings is 1. The minimum atomic E-state index is -3.51. The van der Waals surface area contributed by atoms with Gasteiger partial charge in [0, 0.05) is 50.7 Å². The molecular formula is C22H29N3O3S2. The third-order valence-corrected chi connectivity index (χ3v) is 9.31. The van der Waals surface area contributed by atoms with Crippen LogP contribution in [-0.2, 0) is 21.4 Å². The smallest absolute Gasteiger partial charge is 0.252 e. The van der Waals surface area contributed by atoms with Gasteiger partial charge in [-0.2, -0.15) is 4.31 Å². The zero-order chi connectivity index (χ0) is 21.1. The largest absolute Gasteiger partial charge is 0.340 e. The number of piperazine rings is 1. The predicted octanol–water partition coefficient (Wildman–Crippen LogP) is 2.80. The highest BCUT2D eigenvalue weighted by atomic mass is 32.2. The quantitative estimate of drug-likeness (QED) is 0.707. The highest BCUT2D eigenvalue weighted by Gasteiger charge is 2.36. The number of aryl methyl sites for hydroxylation is 1. The van der Waals surface area contributed by atoms with Crippen LogP contribution in [0.2, 0.25) is 0 Å². The number of carbonyl (C=O) groups excluding carboxylic acids is 1. The van der Waals surface area contributed by atoms with E-state index in [4.69, 9.17) is 0 Å². The van der Waals surface area contributed by atoms with E-state index in [1.165, 1.54) is 21.2 Å². The van der Waals surface area contributed by atoms with Gasteiger partial charge in [-0.25, -0.2) is 8.42 Å². The summed E-state index contributed by atoms with van der Waals surface area (Å²) in [5, 5.41) is 0. The van der Waals surface area contributed by atoms with Crippen molar-refractivity contribution in [3.63, 3.8) is 0 Å². The maximum atomic E-state index is 13.1. The summed E-state index contributed by atoms with van der Waals surface area (Å²) in [6, 6.07) is 13.9. The Morgan fingerprint density at radius 1 is 1.03 bits per heavy atom. The maximum Gasteiger partial charge on any atom is 0.252 e. The summed E-state index contributed by atoms with van der Waals surface area (Å²) in [6.07, 6.45) is 1.49. The Morgan fingerprint density at radius 3 is 2.43 bits per heavy atom. The van der Waals surface area contributed by atoms with E-state index < -0.39 is 10.0 Å². The summed E-state index contributed by atoms with van der Waals surface area (Å²) >= 11 is 1.30. The number of hydrogen-bond donors (Lipinski definition) is 0. The Kier molecular flexibility index (Phi) is 6.57. The van der Waals surface area contributed by atoms with Crippen molar-refractivity contribution < 1.29 is 13.2 Å². The zero-order valence-electron chi connectivity index (χ0n) is 17.4. The Hall–Kier alpha value is -1.74. The molecule has 1 aromatic carbocycles. The second-order valence-electron chi connectivity index (χ2n) is 8.15. The van der Waals surface area contributed by atoms with Crippen LogP contribution in [0.15, 0.2) is 46.7 Å². The highest BCUT2D eigenvalue weighted by Crippen LogP contribution is 2.29. The van der Waals surface area contributed by atoms with Crippen LogP contribution in [0, 0.1) is 12.8 Å². The van der Waals surface area contributed by atoms with E-state index >= 15 is 0 Å². The van der Waals surface area contributed by atoms with E-state index in [1.807, 2.05) is 24.0 Å². The van der Waals surface area contributed by atoms with Gasteiger partial charge >= 0.3 is 0 Å². The molecule has 2 saturated heterocycles. The Morgan fingerprint density at radius 2 is 1.77 bits per heavy atom. The molecule has 2 aliphatic rings. The molecular weight excluding hydrogens is 418 g/mol. The number of hydrogen-bond acceptors (Lipinski definition) is 5. The number of nitrogens with zero attached hydrogens (tertiary/aromatic N) is 3. The van der Waals surface area contributed by atoms with E-state index in [1.54, 1.807) is 6.07 Å². The summed E-state index contributed by atoms with van der Waals surface area (Å²) in [5.41, 5.74) is 1.29. The van der Waals surface area contributed by atoms with Crippen molar-refractivity contribution in [1.29, 1.82) is 0 Å². The molecule has 2 aliphatic heterocycles. The molecule has 30 heavy (non-hydrogen) atoms. The first-order chi connectivity index (χ1) is 14.4. The normalized spacial score (nSPS) is 21.6. The molecule has 1 aromatic heterocycles. The number of sulfonamides is 1. The van der Waals surface area contributed by atoms with E-state index in [-0.39, 0.29) is 11.8 Å². The van der Waals surface area contributed by atoms with E-state index in [0.29, 0.717) is 30.4 Å². The fourth-order valence-corrected chi connectivity index (χ4v) is 7.23. The van der Waals surface area contributed by atoms with Crippen LogP contribution in [0.3, 0.4) is 0 Å². The molecule has 0 unspecified atom stereocenters. The first-order valence-electron chi connectivity index (χ1n) is 10.5. The highest BCUT2D eigenvalue weighted by molar-refractivity contribution is 7.91. The average Bonchev–Trinajstić information content (AvgIpc) is 3.22. The van der Waals surface area contributed by atoms with Gasteiger partial charge in [-0.15, -0.1) is 11.3 Å². The number of amides is 1. The molecule has 162 valence electrons. The van der Waals surface area contributed by atoms with Crippen molar-refractivity contribution in [2.45, 2.75) is 30.5 Å². The lowest BCUT2D eigenvalue weighted by Gasteiger charge is -2.38. The molecule has 0 N–H and O–H groups in total. The SMILES string of the molecule is Cc1ccc(S(=O)(=O)N2CCC[C@H](C(=O)N3CCN(Cc4ccccc4)CC3)C2)s1. The van der Waals surface area contributed by atoms with E-state index in [0.717, 1.165) is 37.4 Å². The molecule has 0 radical (unpaired) electrons. The van der Waals surface area contributed by atoms with Gasteiger partial charge in [0.2, 0.25) is 5.91 Å². The molecule has 8 heteroatoms. The van der Waals surface area contributed by atoms with Gasteiger partial charge in [-0.1, -0.05) is 30.3 Å². The first-order valence-corrected chi connectivity index (χ1v) is 12.8. The average molecular weight is 448 g/mol. The van der Waals surface area contributed by atoms with Crippen LogP contribution in [0.1, 0.15) is 23.3 Å². The van der Waals surface area contributed by atoms with Gasteiger partial charge < -0.3 is 4.90 Å². The second kappa shape index (κ2) is 9.18. The lowest BCUT2D eigenvalue weighted by Crippen LogP contribution is -2.52. The van der Waals surface area contributed by atoms with Gasteiger partial charge in [-0.3, -0.25) is 9.69 Å². The van der Waals surface area contributed by atoms with Crippen molar-refractivity contribution in [2.24, 2.45) is 5.92 Å². The number of rotatable bonds is 5. The molecule has 0 aliphatic carbocycles. The van der Waals surface area contributed by atoms with Gasteiger partial charge in [0.05, 0.1) is 5.92 Å².